The maximum absolute atomic E-state index is 10.9. The van der Waals surface area contributed by atoms with Gasteiger partial charge < -0.3 is 15.6 Å². The molecule has 1 unspecified atom stereocenters. The third kappa shape index (κ3) is 2.20. The molecule has 0 bridgehead atoms. The monoisotopic (exact) mass is 287 g/mol. The summed E-state index contributed by atoms with van der Waals surface area (Å²) in [7, 11) is 1.50. The summed E-state index contributed by atoms with van der Waals surface area (Å²) in [6.07, 6.45) is 0. The SMILES string of the molecule is COc1c(Br)c(C)cc(C)c1C(N)C(=O)O. The van der Waals surface area contributed by atoms with Gasteiger partial charge in [0.05, 0.1) is 11.6 Å². The van der Waals surface area contributed by atoms with Gasteiger partial charge in [0.2, 0.25) is 0 Å². The van der Waals surface area contributed by atoms with Gasteiger partial charge in [-0.25, -0.2) is 0 Å². The molecule has 0 aliphatic rings. The van der Waals surface area contributed by atoms with Gasteiger partial charge in [0.15, 0.2) is 0 Å². The largest absolute Gasteiger partial charge is 0.495 e. The Morgan fingerprint density at radius 1 is 1.50 bits per heavy atom. The highest BCUT2D eigenvalue weighted by molar-refractivity contribution is 9.10. The predicted octanol–water partition coefficient (Wildman–Crippen LogP) is 2.16. The number of halogens is 1. The van der Waals surface area contributed by atoms with E-state index in [0.717, 1.165) is 15.6 Å². The van der Waals surface area contributed by atoms with Crippen LogP contribution in [0.3, 0.4) is 0 Å². The number of hydrogen-bond donors (Lipinski definition) is 2. The Hall–Kier alpha value is -1.07. The van der Waals surface area contributed by atoms with Crippen LogP contribution < -0.4 is 10.5 Å². The van der Waals surface area contributed by atoms with Gasteiger partial charge in [0.1, 0.15) is 11.8 Å². The molecular formula is C11H14BrNO3. The van der Waals surface area contributed by atoms with Gasteiger partial charge in [-0.05, 0) is 40.9 Å². The summed E-state index contributed by atoms with van der Waals surface area (Å²) in [6.45, 7) is 3.73. The lowest BCUT2D eigenvalue weighted by Gasteiger charge is -2.18. The number of aliphatic carboxylic acids is 1. The van der Waals surface area contributed by atoms with Crippen molar-refractivity contribution in [2.75, 3.05) is 7.11 Å². The molecule has 0 saturated heterocycles. The van der Waals surface area contributed by atoms with Gasteiger partial charge in [-0.15, -0.1) is 0 Å². The Bertz CT molecular complexity index is 432. The van der Waals surface area contributed by atoms with E-state index in [1.54, 1.807) is 0 Å². The number of carbonyl (C=O) groups is 1. The average Bonchev–Trinajstić information content (AvgIpc) is 2.21. The van der Waals surface area contributed by atoms with Gasteiger partial charge >= 0.3 is 5.97 Å². The van der Waals surface area contributed by atoms with Crippen molar-refractivity contribution >= 4 is 21.9 Å². The smallest absolute Gasteiger partial charge is 0.325 e. The lowest BCUT2D eigenvalue weighted by Crippen LogP contribution is -2.22. The van der Waals surface area contributed by atoms with Crippen molar-refractivity contribution in [1.82, 2.24) is 0 Å². The second-order valence-corrected chi connectivity index (χ2v) is 4.38. The summed E-state index contributed by atoms with van der Waals surface area (Å²) >= 11 is 3.37. The Labute approximate surface area is 103 Å². The third-order valence-electron chi connectivity index (χ3n) is 2.43. The van der Waals surface area contributed by atoms with Crippen LogP contribution >= 0.6 is 15.9 Å². The Kier molecular flexibility index (Phi) is 3.93. The number of hydrogen-bond acceptors (Lipinski definition) is 3. The molecule has 88 valence electrons. The minimum Gasteiger partial charge on any atom is -0.495 e. The zero-order valence-corrected chi connectivity index (χ0v) is 11.0. The van der Waals surface area contributed by atoms with E-state index >= 15 is 0 Å². The third-order valence-corrected chi connectivity index (χ3v) is 3.41. The lowest BCUT2D eigenvalue weighted by molar-refractivity contribution is -0.138. The van der Waals surface area contributed by atoms with Gasteiger partial charge in [-0.1, -0.05) is 6.07 Å². The van der Waals surface area contributed by atoms with E-state index in [1.165, 1.54) is 7.11 Å². The second kappa shape index (κ2) is 4.84. The zero-order valence-electron chi connectivity index (χ0n) is 9.37. The molecule has 1 aromatic carbocycles. The van der Waals surface area contributed by atoms with Crippen molar-refractivity contribution in [3.63, 3.8) is 0 Å². The van der Waals surface area contributed by atoms with Gasteiger partial charge in [-0.2, -0.15) is 0 Å². The fourth-order valence-electron chi connectivity index (χ4n) is 1.65. The molecule has 0 spiro atoms. The first-order valence-corrected chi connectivity index (χ1v) is 5.51. The van der Waals surface area contributed by atoms with Gasteiger partial charge in [0.25, 0.3) is 0 Å². The van der Waals surface area contributed by atoms with Crippen molar-refractivity contribution in [2.24, 2.45) is 5.73 Å². The molecule has 0 aliphatic carbocycles. The first-order valence-electron chi connectivity index (χ1n) is 4.72. The van der Waals surface area contributed by atoms with E-state index in [2.05, 4.69) is 15.9 Å². The van der Waals surface area contributed by atoms with Crippen LogP contribution in [0.25, 0.3) is 0 Å². The Balaban J connectivity index is 3.48. The first-order chi connectivity index (χ1) is 7.40. The number of methoxy groups -OCH3 is 1. The summed E-state index contributed by atoms with van der Waals surface area (Å²) in [5, 5.41) is 8.94. The standard InChI is InChI=1S/C11H14BrNO3/c1-5-4-6(2)8(12)10(16-3)7(5)9(13)11(14)15/h4,9H,13H2,1-3H3,(H,14,15). The van der Waals surface area contributed by atoms with Crippen LogP contribution in [-0.4, -0.2) is 18.2 Å². The number of rotatable bonds is 3. The summed E-state index contributed by atoms with van der Waals surface area (Å²) in [5.74, 6) is -0.579. The fourth-order valence-corrected chi connectivity index (χ4v) is 2.14. The minimum absolute atomic E-state index is 0.493. The molecule has 0 aliphatic heterocycles. The number of ether oxygens (including phenoxy) is 1. The van der Waals surface area contributed by atoms with Crippen molar-refractivity contribution in [2.45, 2.75) is 19.9 Å². The normalized spacial score (nSPS) is 12.3. The maximum Gasteiger partial charge on any atom is 0.325 e. The molecule has 16 heavy (non-hydrogen) atoms. The first kappa shape index (κ1) is 13.0. The molecule has 0 radical (unpaired) electrons. The van der Waals surface area contributed by atoms with Crippen molar-refractivity contribution in [3.8, 4) is 5.75 Å². The van der Waals surface area contributed by atoms with E-state index in [9.17, 15) is 4.79 Å². The molecule has 0 heterocycles. The quantitative estimate of drug-likeness (QED) is 0.894. The van der Waals surface area contributed by atoms with Crippen molar-refractivity contribution in [1.29, 1.82) is 0 Å². The van der Waals surface area contributed by atoms with E-state index in [4.69, 9.17) is 15.6 Å². The van der Waals surface area contributed by atoms with Crippen LogP contribution in [0.4, 0.5) is 0 Å². The summed E-state index contributed by atoms with van der Waals surface area (Å²) in [5.41, 5.74) is 7.94. The average molecular weight is 288 g/mol. The van der Waals surface area contributed by atoms with E-state index in [0.29, 0.717) is 11.3 Å². The molecule has 3 N–H and O–H groups in total. The molecular weight excluding hydrogens is 274 g/mol. The molecule has 0 saturated carbocycles. The lowest BCUT2D eigenvalue weighted by atomic mass is 9.98. The highest BCUT2D eigenvalue weighted by atomic mass is 79.9. The Morgan fingerprint density at radius 3 is 2.50 bits per heavy atom. The molecule has 1 rings (SSSR count). The predicted molar refractivity (Wildman–Crippen MR) is 64.7 cm³/mol. The molecule has 0 fully saturated rings. The number of nitrogens with two attached hydrogens (primary N) is 1. The van der Waals surface area contributed by atoms with Gasteiger partial charge in [0, 0.05) is 5.56 Å². The number of benzene rings is 1. The van der Waals surface area contributed by atoms with Crippen molar-refractivity contribution < 1.29 is 14.6 Å². The highest BCUT2D eigenvalue weighted by Crippen LogP contribution is 2.37. The second-order valence-electron chi connectivity index (χ2n) is 3.59. The van der Waals surface area contributed by atoms with Crippen LogP contribution in [0.5, 0.6) is 5.75 Å². The van der Waals surface area contributed by atoms with Crippen LogP contribution in [0.1, 0.15) is 22.7 Å². The topological polar surface area (TPSA) is 72.5 Å². The van der Waals surface area contributed by atoms with Crippen LogP contribution in [0, 0.1) is 13.8 Å². The van der Waals surface area contributed by atoms with E-state index in [-0.39, 0.29) is 0 Å². The number of aryl methyl sites for hydroxylation is 2. The van der Waals surface area contributed by atoms with Crippen molar-refractivity contribution in [3.05, 3.63) is 27.2 Å². The molecule has 0 amide bonds. The summed E-state index contributed by atoms with van der Waals surface area (Å²) < 4.78 is 5.96. The molecule has 1 aromatic rings. The van der Waals surface area contributed by atoms with Gasteiger partial charge in [-0.3, -0.25) is 4.79 Å². The molecule has 0 aromatic heterocycles. The Morgan fingerprint density at radius 2 is 2.06 bits per heavy atom. The van der Waals surface area contributed by atoms with E-state index < -0.39 is 12.0 Å². The minimum atomic E-state index is -1.08. The van der Waals surface area contributed by atoms with Crippen LogP contribution in [0.2, 0.25) is 0 Å². The molecule has 1 atom stereocenters. The number of carboxylic acids is 1. The fraction of sp³-hybridized carbons (Fsp3) is 0.364. The molecule has 4 nitrogen and oxygen atoms in total. The maximum atomic E-state index is 10.9. The zero-order chi connectivity index (χ0) is 12.5. The molecule has 5 heteroatoms. The number of carboxylic acid groups (broad SMARTS) is 1. The van der Waals surface area contributed by atoms with Crippen LogP contribution in [-0.2, 0) is 4.79 Å². The van der Waals surface area contributed by atoms with Crippen LogP contribution in [0.15, 0.2) is 10.5 Å². The van der Waals surface area contributed by atoms with E-state index in [1.807, 2.05) is 19.9 Å². The highest BCUT2D eigenvalue weighted by Gasteiger charge is 2.23. The summed E-state index contributed by atoms with van der Waals surface area (Å²) in [6, 6.07) is 0.803. The summed E-state index contributed by atoms with van der Waals surface area (Å²) in [4.78, 5) is 10.9.